The summed E-state index contributed by atoms with van der Waals surface area (Å²) < 4.78 is 10.3. The van der Waals surface area contributed by atoms with Crippen molar-refractivity contribution in [2.75, 3.05) is 14.2 Å². The lowest BCUT2D eigenvalue weighted by Gasteiger charge is -2.16. The molecule has 2 N–H and O–H groups in total. The van der Waals surface area contributed by atoms with Crippen LogP contribution in [0, 0.1) is 0 Å². The second-order valence-corrected chi connectivity index (χ2v) is 5.98. The van der Waals surface area contributed by atoms with Gasteiger partial charge in [-0.1, -0.05) is 30.3 Å². The predicted octanol–water partition coefficient (Wildman–Crippen LogP) is 4.43. The van der Waals surface area contributed by atoms with Crippen molar-refractivity contribution in [2.45, 2.75) is 0 Å². The van der Waals surface area contributed by atoms with Gasteiger partial charge >= 0.3 is 11.9 Å². The Kier molecular flexibility index (Phi) is 5.31. The van der Waals surface area contributed by atoms with Crippen molar-refractivity contribution in [1.29, 1.82) is 0 Å². The molecule has 0 atom stereocenters. The van der Waals surface area contributed by atoms with E-state index in [-0.39, 0.29) is 11.1 Å². The molecule has 0 aliphatic heterocycles. The number of rotatable bonds is 6. The van der Waals surface area contributed by atoms with Crippen LogP contribution < -0.4 is 9.47 Å². The van der Waals surface area contributed by atoms with Gasteiger partial charge in [-0.15, -0.1) is 0 Å². The second kappa shape index (κ2) is 7.84. The van der Waals surface area contributed by atoms with E-state index < -0.39 is 11.9 Å². The average Bonchev–Trinajstić information content (AvgIpc) is 2.72. The maximum atomic E-state index is 12.0. The van der Waals surface area contributed by atoms with Gasteiger partial charge in [-0.3, -0.25) is 0 Å². The molecule has 0 radical (unpaired) electrons. The van der Waals surface area contributed by atoms with Gasteiger partial charge in [0.15, 0.2) is 0 Å². The van der Waals surface area contributed by atoms with Crippen molar-refractivity contribution in [3.8, 4) is 33.8 Å². The zero-order valence-corrected chi connectivity index (χ0v) is 15.3. The van der Waals surface area contributed by atoms with Gasteiger partial charge in [0.05, 0.1) is 25.3 Å². The number of methoxy groups -OCH3 is 2. The first-order valence-corrected chi connectivity index (χ1v) is 8.38. The molecule has 0 amide bonds. The third-order valence-corrected chi connectivity index (χ3v) is 4.43. The van der Waals surface area contributed by atoms with Crippen LogP contribution in [0.5, 0.6) is 11.5 Å². The van der Waals surface area contributed by atoms with Gasteiger partial charge in [0.1, 0.15) is 11.5 Å². The summed E-state index contributed by atoms with van der Waals surface area (Å²) in [5.41, 5.74) is 1.73. The third-order valence-electron chi connectivity index (χ3n) is 4.43. The summed E-state index contributed by atoms with van der Waals surface area (Å²) in [4.78, 5) is 23.7. The summed E-state index contributed by atoms with van der Waals surface area (Å²) in [7, 11) is 3.09. The molecule has 6 nitrogen and oxygen atoms in total. The summed E-state index contributed by atoms with van der Waals surface area (Å²) in [6.45, 7) is 0. The van der Waals surface area contributed by atoms with E-state index in [0.717, 1.165) is 5.56 Å². The Morgan fingerprint density at radius 2 is 1.18 bits per heavy atom. The Morgan fingerprint density at radius 1 is 0.679 bits per heavy atom. The van der Waals surface area contributed by atoms with Gasteiger partial charge < -0.3 is 19.7 Å². The van der Waals surface area contributed by atoms with Crippen molar-refractivity contribution < 1.29 is 29.3 Å². The van der Waals surface area contributed by atoms with Crippen molar-refractivity contribution in [1.82, 2.24) is 0 Å². The average molecular weight is 378 g/mol. The maximum Gasteiger partial charge on any atom is 0.337 e. The highest BCUT2D eigenvalue weighted by Crippen LogP contribution is 2.38. The molecule has 0 saturated carbocycles. The molecule has 0 saturated heterocycles. The van der Waals surface area contributed by atoms with Crippen LogP contribution in [-0.4, -0.2) is 36.4 Å². The second-order valence-electron chi connectivity index (χ2n) is 5.98. The Labute approximate surface area is 161 Å². The molecule has 28 heavy (non-hydrogen) atoms. The topological polar surface area (TPSA) is 93.1 Å². The smallest absolute Gasteiger partial charge is 0.337 e. The number of carboxylic acids is 2. The highest BCUT2D eigenvalue weighted by molar-refractivity contribution is 6.09. The van der Waals surface area contributed by atoms with Gasteiger partial charge in [0.25, 0.3) is 0 Å². The third kappa shape index (κ3) is 3.53. The van der Waals surface area contributed by atoms with Gasteiger partial charge in [-0.05, 0) is 47.0 Å². The quantitative estimate of drug-likeness (QED) is 0.659. The lowest BCUT2D eigenvalue weighted by atomic mass is 9.87. The van der Waals surface area contributed by atoms with Gasteiger partial charge in [0.2, 0.25) is 0 Å². The maximum absolute atomic E-state index is 12.0. The van der Waals surface area contributed by atoms with Crippen molar-refractivity contribution in [3.05, 3.63) is 71.8 Å². The summed E-state index contributed by atoms with van der Waals surface area (Å²) >= 11 is 0. The van der Waals surface area contributed by atoms with Gasteiger partial charge in [-0.2, -0.15) is 0 Å². The lowest BCUT2D eigenvalue weighted by Crippen LogP contribution is -2.11. The van der Waals surface area contributed by atoms with Crippen molar-refractivity contribution in [2.24, 2.45) is 0 Å². The van der Waals surface area contributed by atoms with Crippen LogP contribution in [0.1, 0.15) is 20.7 Å². The molecular weight excluding hydrogens is 360 g/mol. The molecule has 0 spiro atoms. The minimum absolute atomic E-state index is 0.258. The molecule has 3 aromatic carbocycles. The fraction of sp³-hybridized carbons (Fsp3) is 0.0909. The van der Waals surface area contributed by atoms with Crippen LogP contribution in [-0.2, 0) is 0 Å². The van der Waals surface area contributed by atoms with E-state index in [1.807, 2.05) is 0 Å². The minimum atomic E-state index is -1.31. The molecule has 0 bridgehead atoms. The Bertz CT molecular complexity index is 1020. The number of carbonyl (C=O) groups is 2. The molecule has 3 rings (SSSR count). The molecule has 0 aromatic heterocycles. The van der Waals surface area contributed by atoms with Crippen LogP contribution in [0.15, 0.2) is 60.7 Å². The van der Waals surface area contributed by atoms with Crippen LogP contribution in [0.4, 0.5) is 0 Å². The minimum Gasteiger partial charge on any atom is -0.497 e. The van der Waals surface area contributed by atoms with Crippen LogP contribution in [0.2, 0.25) is 0 Å². The Hall–Kier alpha value is -3.80. The number of ether oxygens (including phenoxy) is 2. The van der Waals surface area contributed by atoms with Gasteiger partial charge in [-0.25, -0.2) is 9.59 Å². The highest BCUT2D eigenvalue weighted by atomic mass is 16.5. The van der Waals surface area contributed by atoms with E-state index in [1.54, 1.807) is 61.7 Å². The first kappa shape index (κ1) is 19.0. The molecule has 0 fully saturated rings. The molecule has 0 unspecified atom stereocenters. The molecule has 0 aliphatic rings. The molecule has 3 aromatic rings. The molecule has 0 heterocycles. The Balaban J connectivity index is 2.33. The van der Waals surface area contributed by atoms with Gasteiger partial charge in [0, 0.05) is 5.56 Å². The fourth-order valence-corrected chi connectivity index (χ4v) is 3.07. The number of carboxylic acid groups (broad SMARTS) is 2. The first-order chi connectivity index (χ1) is 13.5. The van der Waals surface area contributed by atoms with Crippen LogP contribution in [0.25, 0.3) is 22.3 Å². The van der Waals surface area contributed by atoms with E-state index in [4.69, 9.17) is 9.47 Å². The summed E-state index contributed by atoms with van der Waals surface area (Å²) in [5, 5.41) is 19.3. The summed E-state index contributed by atoms with van der Waals surface area (Å²) in [6.07, 6.45) is 0. The van der Waals surface area contributed by atoms with E-state index in [1.165, 1.54) is 13.2 Å². The number of hydrogen-bond acceptors (Lipinski definition) is 4. The normalized spacial score (nSPS) is 10.4. The lowest BCUT2D eigenvalue weighted by molar-refractivity contribution is 0.0652. The summed E-state index contributed by atoms with van der Waals surface area (Å²) in [5.74, 6) is -1.33. The van der Waals surface area contributed by atoms with Crippen molar-refractivity contribution in [3.63, 3.8) is 0 Å². The summed E-state index contributed by atoms with van der Waals surface area (Å²) in [6, 6.07) is 16.9. The van der Waals surface area contributed by atoms with E-state index >= 15 is 0 Å². The van der Waals surface area contributed by atoms with E-state index in [9.17, 15) is 19.8 Å². The Morgan fingerprint density at radius 3 is 1.61 bits per heavy atom. The first-order valence-electron chi connectivity index (χ1n) is 8.38. The zero-order chi connectivity index (χ0) is 20.3. The highest BCUT2D eigenvalue weighted by Gasteiger charge is 2.24. The molecule has 0 aliphatic carbocycles. The SMILES string of the molecule is COc1ccc(-c2ccc(C(=O)O)c(C(=O)O)c2-c2ccc(OC)cc2)cc1. The van der Waals surface area contributed by atoms with E-state index in [2.05, 4.69) is 0 Å². The number of hydrogen-bond donors (Lipinski definition) is 2. The van der Waals surface area contributed by atoms with Crippen LogP contribution >= 0.6 is 0 Å². The zero-order valence-electron chi connectivity index (χ0n) is 15.3. The van der Waals surface area contributed by atoms with E-state index in [0.29, 0.717) is 28.2 Å². The van der Waals surface area contributed by atoms with Crippen LogP contribution in [0.3, 0.4) is 0 Å². The number of aromatic carboxylic acids is 2. The molecule has 142 valence electrons. The largest absolute Gasteiger partial charge is 0.497 e. The molecular formula is C22H18O6. The molecule has 6 heteroatoms. The fourth-order valence-electron chi connectivity index (χ4n) is 3.07. The van der Waals surface area contributed by atoms with Crippen molar-refractivity contribution >= 4 is 11.9 Å². The monoisotopic (exact) mass is 378 g/mol. The number of benzene rings is 3. The standard InChI is InChI=1S/C22H18O6/c1-27-15-7-3-13(4-8-15)17-11-12-18(21(23)24)20(22(25)26)19(17)14-5-9-16(28-2)10-6-14/h3-12H,1-2H3,(H,23,24)(H,25,26). The predicted molar refractivity (Wildman–Crippen MR) is 104 cm³/mol.